The number of hydrogen-bond donors (Lipinski definition) is 1. The Bertz CT molecular complexity index is 498. The molecule has 8 heteroatoms. The molecule has 1 unspecified atom stereocenters. The van der Waals surface area contributed by atoms with Crippen LogP contribution in [-0.2, 0) is 23.1 Å². The van der Waals surface area contributed by atoms with Gasteiger partial charge in [0.05, 0.1) is 12.8 Å². The van der Waals surface area contributed by atoms with Crippen molar-refractivity contribution in [1.29, 1.82) is 0 Å². The summed E-state index contributed by atoms with van der Waals surface area (Å²) in [5.74, 6) is 1.02. The van der Waals surface area contributed by atoms with Crippen LogP contribution in [0.2, 0.25) is 0 Å². The van der Waals surface area contributed by atoms with Gasteiger partial charge in [-0.2, -0.15) is 5.10 Å². The van der Waals surface area contributed by atoms with Crippen molar-refractivity contribution in [3.63, 3.8) is 0 Å². The number of hydrogen-bond acceptors (Lipinski definition) is 5. The number of piperidine rings is 1. The Hall–Kier alpha value is -0.990. The molecule has 1 atom stereocenters. The topological polar surface area (TPSA) is 94.1 Å². The lowest BCUT2D eigenvalue weighted by Gasteiger charge is -2.30. The summed E-state index contributed by atoms with van der Waals surface area (Å²) < 4.78 is 26.4. The minimum Gasteiger partial charge on any atom is -0.324 e. The number of nitrogens with zero attached hydrogens (tertiary/aromatic N) is 4. The molecule has 1 saturated heterocycles. The van der Waals surface area contributed by atoms with E-state index in [0.717, 1.165) is 18.7 Å². The van der Waals surface area contributed by atoms with Gasteiger partial charge in [0.15, 0.2) is 0 Å². The van der Waals surface area contributed by atoms with Crippen LogP contribution in [0, 0.1) is 5.92 Å². The number of rotatable bonds is 4. The van der Waals surface area contributed by atoms with Gasteiger partial charge in [0.25, 0.3) is 0 Å². The van der Waals surface area contributed by atoms with Crippen LogP contribution in [0.4, 0.5) is 0 Å². The van der Waals surface area contributed by atoms with E-state index in [1.807, 2.05) is 0 Å². The van der Waals surface area contributed by atoms with Crippen LogP contribution in [0.25, 0.3) is 0 Å². The van der Waals surface area contributed by atoms with Gasteiger partial charge in [0.2, 0.25) is 10.0 Å². The second-order valence-electron chi connectivity index (χ2n) is 4.69. The van der Waals surface area contributed by atoms with Crippen LogP contribution in [0.3, 0.4) is 0 Å². The smallest absolute Gasteiger partial charge is 0.211 e. The van der Waals surface area contributed by atoms with E-state index in [1.165, 1.54) is 12.6 Å². The fourth-order valence-electron chi connectivity index (χ4n) is 2.32. The average Bonchev–Trinajstić information content (AvgIpc) is 2.75. The molecule has 18 heavy (non-hydrogen) atoms. The number of sulfonamides is 1. The number of aromatic nitrogens is 3. The van der Waals surface area contributed by atoms with E-state index in [0.29, 0.717) is 26.2 Å². The molecule has 1 aliphatic rings. The normalized spacial score (nSPS) is 22.2. The second-order valence-corrected chi connectivity index (χ2v) is 6.67. The van der Waals surface area contributed by atoms with Crippen molar-refractivity contribution in [2.45, 2.75) is 25.9 Å². The van der Waals surface area contributed by atoms with Crippen molar-refractivity contribution >= 4 is 10.0 Å². The molecular formula is C10H19N5O2S. The highest BCUT2D eigenvalue weighted by atomic mass is 32.2. The standard InChI is InChI=1S/C10H19N5O2S/c1-18(16,17)14-4-2-3-9(6-14)7-15-10(5-11)12-8-13-15/h8-9H,2-7,11H2,1H3. The van der Waals surface area contributed by atoms with Crippen molar-refractivity contribution in [1.82, 2.24) is 19.1 Å². The number of nitrogens with two attached hydrogens (primary N) is 1. The van der Waals surface area contributed by atoms with E-state index < -0.39 is 10.0 Å². The molecule has 1 aromatic heterocycles. The summed E-state index contributed by atoms with van der Waals surface area (Å²) in [5.41, 5.74) is 5.57. The molecule has 2 rings (SSSR count). The zero-order valence-electron chi connectivity index (χ0n) is 10.5. The van der Waals surface area contributed by atoms with Gasteiger partial charge in [-0.15, -0.1) is 0 Å². The zero-order valence-corrected chi connectivity index (χ0v) is 11.3. The van der Waals surface area contributed by atoms with Crippen LogP contribution in [-0.4, -0.2) is 46.8 Å². The fraction of sp³-hybridized carbons (Fsp3) is 0.800. The summed E-state index contributed by atoms with van der Waals surface area (Å²) in [4.78, 5) is 4.06. The Morgan fingerprint density at radius 2 is 2.33 bits per heavy atom. The first-order valence-corrected chi connectivity index (χ1v) is 7.87. The molecule has 0 bridgehead atoms. The van der Waals surface area contributed by atoms with Crippen LogP contribution in [0.5, 0.6) is 0 Å². The van der Waals surface area contributed by atoms with E-state index >= 15 is 0 Å². The summed E-state index contributed by atoms with van der Waals surface area (Å²) in [7, 11) is -3.09. The molecule has 1 aromatic rings. The van der Waals surface area contributed by atoms with Gasteiger partial charge in [-0.3, -0.25) is 0 Å². The van der Waals surface area contributed by atoms with Crippen molar-refractivity contribution in [3.05, 3.63) is 12.2 Å². The van der Waals surface area contributed by atoms with Crippen LogP contribution >= 0.6 is 0 Å². The lowest BCUT2D eigenvalue weighted by atomic mass is 10.00. The Morgan fingerprint density at radius 3 is 3.00 bits per heavy atom. The van der Waals surface area contributed by atoms with Crippen LogP contribution < -0.4 is 5.73 Å². The second kappa shape index (κ2) is 5.33. The summed E-state index contributed by atoms with van der Waals surface area (Å²) in [6, 6.07) is 0. The summed E-state index contributed by atoms with van der Waals surface area (Å²) in [6.07, 6.45) is 4.65. The van der Waals surface area contributed by atoms with E-state index in [4.69, 9.17) is 5.73 Å². The molecule has 2 heterocycles. The third-order valence-electron chi connectivity index (χ3n) is 3.26. The molecule has 2 N–H and O–H groups in total. The van der Waals surface area contributed by atoms with Gasteiger partial charge in [-0.25, -0.2) is 22.4 Å². The molecule has 0 saturated carbocycles. The Morgan fingerprint density at radius 1 is 1.56 bits per heavy atom. The lowest BCUT2D eigenvalue weighted by molar-refractivity contribution is 0.238. The van der Waals surface area contributed by atoms with Crippen LogP contribution in [0.15, 0.2) is 6.33 Å². The largest absolute Gasteiger partial charge is 0.324 e. The first kappa shape index (κ1) is 13.4. The molecule has 0 amide bonds. The quantitative estimate of drug-likeness (QED) is 0.791. The third kappa shape index (κ3) is 3.06. The first-order valence-electron chi connectivity index (χ1n) is 6.02. The minimum absolute atomic E-state index is 0.278. The Kier molecular flexibility index (Phi) is 3.98. The molecule has 0 aliphatic carbocycles. The predicted octanol–water partition coefficient (Wildman–Crippen LogP) is -0.592. The Labute approximate surface area is 107 Å². The minimum atomic E-state index is -3.09. The molecule has 0 spiro atoms. The van der Waals surface area contributed by atoms with E-state index in [9.17, 15) is 8.42 Å². The van der Waals surface area contributed by atoms with Gasteiger partial charge >= 0.3 is 0 Å². The van der Waals surface area contributed by atoms with Gasteiger partial charge in [0, 0.05) is 19.6 Å². The van der Waals surface area contributed by atoms with E-state index in [-0.39, 0.29) is 5.92 Å². The van der Waals surface area contributed by atoms with Crippen LogP contribution in [0.1, 0.15) is 18.7 Å². The summed E-state index contributed by atoms with van der Waals surface area (Å²) >= 11 is 0. The molecule has 0 aromatic carbocycles. The van der Waals surface area contributed by atoms with Gasteiger partial charge < -0.3 is 5.73 Å². The molecule has 7 nitrogen and oxygen atoms in total. The monoisotopic (exact) mass is 273 g/mol. The highest BCUT2D eigenvalue weighted by Gasteiger charge is 2.26. The van der Waals surface area contributed by atoms with E-state index in [2.05, 4.69) is 10.1 Å². The molecule has 102 valence electrons. The lowest BCUT2D eigenvalue weighted by Crippen LogP contribution is -2.40. The van der Waals surface area contributed by atoms with Crippen molar-refractivity contribution in [3.8, 4) is 0 Å². The van der Waals surface area contributed by atoms with E-state index in [1.54, 1.807) is 8.99 Å². The molecule has 1 aliphatic heterocycles. The summed E-state index contributed by atoms with van der Waals surface area (Å²) in [5, 5.41) is 4.13. The highest BCUT2D eigenvalue weighted by Crippen LogP contribution is 2.20. The highest BCUT2D eigenvalue weighted by molar-refractivity contribution is 7.88. The molecular weight excluding hydrogens is 254 g/mol. The first-order chi connectivity index (χ1) is 8.50. The maximum atomic E-state index is 11.5. The SMILES string of the molecule is CS(=O)(=O)N1CCCC(Cn2ncnc2CN)C1. The van der Waals surface area contributed by atoms with Crippen molar-refractivity contribution in [2.75, 3.05) is 19.3 Å². The maximum Gasteiger partial charge on any atom is 0.211 e. The Balaban J connectivity index is 2.02. The van der Waals surface area contributed by atoms with Crippen molar-refractivity contribution < 1.29 is 8.42 Å². The predicted molar refractivity (Wildman–Crippen MR) is 67.1 cm³/mol. The van der Waals surface area contributed by atoms with Crippen molar-refractivity contribution in [2.24, 2.45) is 11.7 Å². The fourth-order valence-corrected chi connectivity index (χ4v) is 3.26. The average molecular weight is 273 g/mol. The van der Waals surface area contributed by atoms with Gasteiger partial charge in [-0.1, -0.05) is 0 Å². The molecule has 0 radical (unpaired) electrons. The molecule has 1 fully saturated rings. The van der Waals surface area contributed by atoms with Gasteiger partial charge in [0.1, 0.15) is 12.2 Å². The zero-order chi connectivity index (χ0) is 13.2. The third-order valence-corrected chi connectivity index (χ3v) is 4.53. The maximum absolute atomic E-state index is 11.5. The van der Waals surface area contributed by atoms with Gasteiger partial charge in [-0.05, 0) is 18.8 Å². The summed E-state index contributed by atoms with van der Waals surface area (Å²) in [6.45, 7) is 2.21.